The number of aromatic nitrogens is 2. The van der Waals surface area contributed by atoms with Gasteiger partial charge in [0, 0.05) is 42.2 Å². The summed E-state index contributed by atoms with van der Waals surface area (Å²) in [5.41, 5.74) is 0.820. The molecule has 7 nitrogen and oxygen atoms in total. The largest absolute Gasteiger partial charge is 0.487 e. The van der Waals surface area contributed by atoms with Gasteiger partial charge < -0.3 is 4.74 Å². The lowest BCUT2D eigenvalue weighted by Gasteiger charge is -2.40. The molecule has 0 saturated carbocycles. The lowest BCUT2D eigenvalue weighted by molar-refractivity contribution is -0.137. The summed E-state index contributed by atoms with van der Waals surface area (Å²) in [6, 6.07) is 8.60. The van der Waals surface area contributed by atoms with Crippen LogP contribution in [0.4, 0.5) is 18.3 Å². The summed E-state index contributed by atoms with van der Waals surface area (Å²) in [6.45, 7) is 4.94. The predicted octanol–water partition coefficient (Wildman–Crippen LogP) is 6.38. The van der Waals surface area contributed by atoms with Crippen LogP contribution in [-0.4, -0.2) is 40.9 Å². The van der Waals surface area contributed by atoms with Crippen molar-refractivity contribution in [1.82, 2.24) is 13.8 Å². The van der Waals surface area contributed by atoms with Gasteiger partial charge in [-0.05, 0) is 80.1 Å². The number of piperidine rings is 1. The number of ether oxygens (including phenoxy) is 1. The van der Waals surface area contributed by atoms with Crippen molar-refractivity contribution in [2.24, 2.45) is 0 Å². The van der Waals surface area contributed by atoms with Crippen molar-refractivity contribution < 1.29 is 26.3 Å². The van der Waals surface area contributed by atoms with E-state index in [0.717, 1.165) is 28.7 Å². The average molecular weight is 587 g/mol. The van der Waals surface area contributed by atoms with E-state index >= 15 is 0 Å². The molecule has 2 aliphatic rings. The number of alkyl halides is 3. The van der Waals surface area contributed by atoms with Crippen molar-refractivity contribution in [1.29, 1.82) is 0 Å². The second kappa shape index (κ2) is 9.96. The molecule has 1 fully saturated rings. The molecule has 204 valence electrons. The van der Waals surface area contributed by atoms with Gasteiger partial charge in [-0.15, -0.1) is 0 Å². The molecule has 3 aromatic rings. The predicted molar refractivity (Wildman–Crippen MR) is 139 cm³/mol. The van der Waals surface area contributed by atoms with Gasteiger partial charge in [-0.25, -0.2) is 17.8 Å². The van der Waals surface area contributed by atoms with Gasteiger partial charge in [0.1, 0.15) is 17.7 Å². The molecule has 5 rings (SSSR count). The first-order chi connectivity index (χ1) is 17.8. The second-order valence-corrected chi connectivity index (χ2v) is 13.1. The molecular formula is C25H26ClF3N4O3S2. The van der Waals surface area contributed by atoms with E-state index in [9.17, 15) is 21.6 Å². The highest BCUT2D eigenvalue weighted by Gasteiger charge is 2.39. The van der Waals surface area contributed by atoms with Crippen LogP contribution >= 0.6 is 23.3 Å². The maximum absolute atomic E-state index is 13.7. The second-order valence-electron chi connectivity index (χ2n) is 10.2. The molecule has 3 heterocycles. The molecule has 1 saturated heterocycles. The van der Waals surface area contributed by atoms with Gasteiger partial charge in [0.15, 0.2) is 0 Å². The number of benzene rings is 2. The third-order valence-electron chi connectivity index (χ3n) is 7.01. The van der Waals surface area contributed by atoms with Gasteiger partial charge >= 0.3 is 6.18 Å². The molecule has 0 aliphatic carbocycles. The van der Waals surface area contributed by atoms with E-state index in [1.165, 1.54) is 24.5 Å². The Kier molecular flexibility index (Phi) is 7.12. The number of rotatable bonds is 5. The summed E-state index contributed by atoms with van der Waals surface area (Å²) in [5, 5.41) is 0.138. The standard InChI is InChI=1S/C25H26ClF3N4O3S2/c1-24(2)13-21(18-5-3-16(25(27,28)29)11-20(18)15-7-9-33(26)10-8-15)19-6-4-17(12-22(19)36-24)38(34,35)32-23-30-14-31-37-23/h3-6,11-12,14-15,21H,7-10,13H2,1-2H3,(H,30,31,32). The first-order valence-electron chi connectivity index (χ1n) is 12.1. The van der Waals surface area contributed by atoms with Crippen LogP contribution in [0.25, 0.3) is 0 Å². The Morgan fingerprint density at radius 3 is 2.47 bits per heavy atom. The van der Waals surface area contributed by atoms with E-state index in [1.54, 1.807) is 16.6 Å². The molecule has 1 N–H and O–H groups in total. The SMILES string of the molecule is CC1(C)CC(c2ccc(C(F)(F)F)cc2C2CCN(Cl)CC2)c2ccc(S(=O)(=O)Nc3ncns3)cc2O1. The molecule has 38 heavy (non-hydrogen) atoms. The number of fused-ring (bicyclic) bond motifs is 1. The highest BCUT2D eigenvalue weighted by atomic mass is 35.5. The van der Waals surface area contributed by atoms with Crippen molar-refractivity contribution >= 4 is 38.5 Å². The lowest BCUT2D eigenvalue weighted by Crippen LogP contribution is -2.36. The Bertz CT molecular complexity index is 1420. The fourth-order valence-corrected chi connectivity index (χ4v) is 7.12. The highest BCUT2D eigenvalue weighted by Crippen LogP contribution is 2.48. The van der Waals surface area contributed by atoms with Crippen molar-refractivity contribution in [3.63, 3.8) is 0 Å². The number of halogens is 4. The average Bonchev–Trinajstić information content (AvgIpc) is 3.34. The van der Waals surface area contributed by atoms with Gasteiger partial charge in [0.05, 0.1) is 10.5 Å². The number of sulfonamides is 1. The third kappa shape index (κ3) is 5.63. The Labute approximate surface area is 228 Å². The van der Waals surface area contributed by atoms with Gasteiger partial charge in [-0.1, -0.05) is 12.1 Å². The molecule has 1 unspecified atom stereocenters. The Morgan fingerprint density at radius 1 is 1.11 bits per heavy atom. The summed E-state index contributed by atoms with van der Waals surface area (Å²) in [4.78, 5) is 3.86. The summed E-state index contributed by atoms with van der Waals surface area (Å²) >= 11 is 7.05. The van der Waals surface area contributed by atoms with Crippen molar-refractivity contribution in [3.05, 3.63) is 65.0 Å². The normalized spacial score (nSPS) is 20.5. The highest BCUT2D eigenvalue weighted by molar-refractivity contribution is 7.93. The molecule has 2 aromatic carbocycles. The van der Waals surface area contributed by atoms with E-state index in [4.69, 9.17) is 16.5 Å². The molecule has 1 atom stereocenters. The molecule has 13 heteroatoms. The van der Waals surface area contributed by atoms with Gasteiger partial charge in [0.2, 0.25) is 5.13 Å². The van der Waals surface area contributed by atoms with Gasteiger partial charge in [-0.3, -0.25) is 4.72 Å². The van der Waals surface area contributed by atoms with E-state index in [-0.39, 0.29) is 21.9 Å². The van der Waals surface area contributed by atoms with Crippen LogP contribution in [0.2, 0.25) is 0 Å². The Balaban J connectivity index is 1.58. The van der Waals surface area contributed by atoms with E-state index in [1.807, 2.05) is 13.8 Å². The maximum atomic E-state index is 13.7. The Morgan fingerprint density at radius 2 is 1.82 bits per heavy atom. The smallest absolute Gasteiger partial charge is 0.416 e. The van der Waals surface area contributed by atoms with E-state index < -0.39 is 27.4 Å². The molecule has 2 aliphatic heterocycles. The molecular weight excluding hydrogens is 561 g/mol. The number of nitrogens with zero attached hydrogens (tertiary/aromatic N) is 3. The number of hydrogen-bond donors (Lipinski definition) is 1. The van der Waals surface area contributed by atoms with Gasteiger partial charge in [0.25, 0.3) is 10.0 Å². The van der Waals surface area contributed by atoms with Crippen LogP contribution in [0.1, 0.15) is 67.2 Å². The van der Waals surface area contributed by atoms with Crippen LogP contribution in [0.15, 0.2) is 47.6 Å². The number of nitrogens with one attached hydrogen (secondary N) is 1. The number of hydrogen-bond acceptors (Lipinski definition) is 7. The van der Waals surface area contributed by atoms with Crippen LogP contribution in [0.5, 0.6) is 5.75 Å². The van der Waals surface area contributed by atoms with E-state index in [0.29, 0.717) is 43.7 Å². The zero-order chi connectivity index (χ0) is 27.3. The molecule has 0 bridgehead atoms. The summed E-state index contributed by atoms with van der Waals surface area (Å²) in [5.74, 6) is 0.0215. The number of anilines is 1. The minimum Gasteiger partial charge on any atom is -0.487 e. The first-order valence-corrected chi connectivity index (χ1v) is 14.7. The van der Waals surface area contributed by atoms with Crippen LogP contribution in [-0.2, 0) is 16.2 Å². The van der Waals surface area contributed by atoms with Gasteiger partial charge in [-0.2, -0.15) is 17.5 Å². The van der Waals surface area contributed by atoms with Crippen LogP contribution < -0.4 is 9.46 Å². The third-order valence-corrected chi connectivity index (χ3v) is 9.39. The summed E-state index contributed by atoms with van der Waals surface area (Å²) in [7, 11) is -3.95. The zero-order valence-electron chi connectivity index (χ0n) is 20.6. The maximum Gasteiger partial charge on any atom is 0.416 e. The van der Waals surface area contributed by atoms with Crippen LogP contribution in [0.3, 0.4) is 0 Å². The molecule has 0 radical (unpaired) electrons. The molecule has 0 amide bonds. The monoisotopic (exact) mass is 586 g/mol. The quantitative estimate of drug-likeness (QED) is 0.349. The van der Waals surface area contributed by atoms with Crippen molar-refractivity contribution in [3.8, 4) is 5.75 Å². The lowest BCUT2D eigenvalue weighted by atomic mass is 9.75. The minimum atomic E-state index is -4.46. The first kappa shape index (κ1) is 27.2. The minimum absolute atomic E-state index is 0.00923. The van der Waals surface area contributed by atoms with E-state index in [2.05, 4.69) is 14.1 Å². The van der Waals surface area contributed by atoms with Crippen LogP contribution in [0, 0.1) is 0 Å². The fraction of sp³-hybridized carbons (Fsp3) is 0.440. The Hall–Kier alpha value is -2.41. The summed E-state index contributed by atoms with van der Waals surface area (Å²) in [6.07, 6.45) is -1.40. The zero-order valence-corrected chi connectivity index (χ0v) is 23.0. The molecule has 1 aromatic heterocycles. The summed E-state index contributed by atoms with van der Waals surface area (Å²) < 4.78 is 81.1. The fourth-order valence-electron chi connectivity index (χ4n) is 5.25. The van der Waals surface area contributed by atoms with Crippen molar-refractivity contribution in [2.75, 3.05) is 17.8 Å². The molecule has 0 spiro atoms. The van der Waals surface area contributed by atoms with Crippen molar-refractivity contribution in [2.45, 2.75) is 61.6 Å². The topological polar surface area (TPSA) is 84.4 Å².